The van der Waals surface area contributed by atoms with Crippen LogP contribution in [0.3, 0.4) is 0 Å². The monoisotopic (exact) mass is 221 g/mol. The van der Waals surface area contributed by atoms with E-state index in [0.717, 1.165) is 0 Å². The molecule has 16 heavy (non-hydrogen) atoms. The lowest BCUT2D eigenvalue weighted by Gasteiger charge is -2.12. The second kappa shape index (κ2) is 5.86. The average Bonchev–Trinajstić information content (AvgIpc) is 2.35. The van der Waals surface area contributed by atoms with Crippen LogP contribution in [0.25, 0.3) is 0 Å². The number of benzene rings is 1. The van der Waals surface area contributed by atoms with Gasteiger partial charge >= 0.3 is 0 Å². The molecule has 0 saturated heterocycles. The summed E-state index contributed by atoms with van der Waals surface area (Å²) in [5.41, 5.74) is 0. The average molecular weight is 221 g/mol. The summed E-state index contributed by atoms with van der Waals surface area (Å²) in [5, 5.41) is 8.80. The van der Waals surface area contributed by atoms with Crippen LogP contribution >= 0.6 is 0 Å². The molecule has 1 rings (SSSR count). The molecule has 0 aliphatic carbocycles. The van der Waals surface area contributed by atoms with Crippen LogP contribution in [0.5, 0.6) is 17.2 Å². The second-order valence-corrected chi connectivity index (χ2v) is 3.19. The van der Waals surface area contributed by atoms with Crippen LogP contribution in [0.15, 0.2) is 18.2 Å². The van der Waals surface area contributed by atoms with E-state index >= 15 is 0 Å². The van der Waals surface area contributed by atoms with Crippen molar-refractivity contribution < 1.29 is 14.2 Å². The van der Waals surface area contributed by atoms with Gasteiger partial charge in [-0.15, -0.1) is 0 Å². The summed E-state index contributed by atoms with van der Waals surface area (Å²) in [6.45, 7) is 1.89. The molecule has 0 aromatic heterocycles. The molecule has 4 nitrogen and oxygen atoms in total. The molecule has 1 aromatic carbocycles. The summed E-state index contributed by atoms with van der Waals surface area (Å²) < 4.78 is 15.7. The van der Waals surface area contributed by atoms with E-state index in [1.807, 2.05) is 6.92 Å². The molecule has 0 aliphatic heterocycles. The maximum Gasteiger partial charge on any atom is 0.184 e. The van der Waals surface area contributed by atoms with Crippen molar-refractivity contribution in [3.63, 3.8) is 0 Å². The molecule has 0 spiro atoms. The molecular weight excluding hydrogens is 206 g/mol. The van der Waals surface area contributed by atoms with Crippen LogP contribution in [-0.2, 0) is 0 Å². The van der Waals surface area contributed by atoms with Gasteiger partial charge in [-0.1, -0.05) is 6.92 Å². The van der Waals surface area contributed by atoms with Crippen molar-refractivity contribution in [2.24, 2.45) is 0 Å². The van der Waals surface area contributed by atoms with Gasteiger partial charge in [-0.3, -0.25) is 0 Å². The Bertz CT molecular complexity index is 362. The lowest BCUT2D eigenvalue weighted by Crippen LogP contribution is -2.12. The SMILES string of the molecule is CCC(C#N)Oc1cc(OC)cc(OC)c1. The molecule has 1 atom stereocenters. The first-order valence-corrected chi connectivity index (χ1v) is 5.02. The summed E-state index contributed by atoms with van der Waals surface area (Å²) in [7, 11) is 3.14. The van der Waals surface area contributed by atoms with Crippen LogP contribution < -0.4 is 14.2 Å². The van der Waals surface area contributed by atoms with Gasteiger partial charge in [-0.25, -0.2) is 0 Å². The van der Waals surface area contributed by atoms with Crippen molar-refractivity contribution in [1.82, 2.24) is 0 Å². The molecule has 1 unspecified atom stereocenters. The van der Waals surface area contributed by atoms with E-state index in [2.05, 4.69) is 6.07 Å². The molecule has 0 amide bonds. The number of ether oxygens (including phenoxy) is 3. The van der Waals surface area contributed by atoms with E-state index in [0.29, 0.717) is 23.7 Å². The Labute approximate surface area is 95.4 Å². The Kier molecular flexibility index (Phi) is 4.46. The van der Waals surface area contributed by atoms with Crippen LogP contribution in [0.1, 0.15) is 13.3 Å². The van der Waals surface area contributed by atoms with Crippen LogP contribution in [0.4, 0.5) is 0 Å². The molecule has 0 heterocycles. The van der Waals surface area contributed by atoms with Crippen LogP contribution in [-0.4, -0.2) is 20.3 Å². The standard InChI is InChI=1S/C12H15NO3/c1-4-9(8-13)16-12-6-10(14-2)5-11(7-12)15-3/h5-7,9H,4H2,1-3H3. The van der Waals surface area contributed by atoms with Crippen LogP contribution in [0, 0.1) is 11.3 Å². The topological polar surface area (TPSA) is 51.5 Å². The molecule has 0 fully saturated rings. The van der Waals surface area contributed by atoms with E-state index in [9.17, 15) is 0 Å². The van der Waals surface area contributed by atoms with E-state index in [1.165, 1.54) is 0 Å². The Morgan fingerprint density at radius 3 is 2.00 bits per heavy atom. The highest BCUT2D eigenvalue weighted by atomic mass is 16.5. The molecule has 4 heteroatoms. The van der Waals surface area contributed by atoms with Gasteiger partial charge in [0.15, 0.2) is 6.10 Å². The molecule has 0 saturated carbocycles. The lowest BCUT2D eigenvalue weighted by molar-refractivity contribution is 0.249. The molecule has 0 aliphatic rings. The van der Waals surface area contributed by atoms with E-state index in [1.54, 1.807) is 32.4 Å². The van der Waals surface area contributed by atoms with Gasteiger partial charge in [0.2, 0.25) is 0 Å². The summed E-state index contributed by atoms with van der Waals surface area (Å²) in [5.74, 6) is 1.86. The highest BCUT2D eigenvalue weighted by molar-refractivity contribution is 5.42. The third kappa shape index (κ3) is 3.06. The van der Waals surface area contributed by atoms with Crippen molar-refractivity contribution >= 4 is 0 Å². The zero-order valence-electron chi connectivity index (χ0n) is 9.69. The van der Waals surface area contributed by atoms with Crippen molar-refractivity contribution in [2.75, 3.05) is 14.2 Å². The van der Waals surface area contributed by atoms with Gasteiger partial charge in [-0.05, 0) is 6.42 Å². The van der Waals surface area contributed by atoms with Gasteiger partial charge in [0.25, 0.3) is 0 Å². The zero-order valence-corrected chi connectivity index (χ0v) is 9.69. The van der Waals surface area contributed by atoms with E-state index < -0.39 is 6.10 Å². The minimum absolute atomic E-state index is 0.447. The van der Waals surface area contributed by atoms with Gasteiger partial charge in [0, 0.05) is 18.2 Å². The van der Waals surface area contributed by atoms with Gasteiger partial charge in [-0.2, -0.15) is 5.26 Å². The van der Waals surface area contributed by atoms with Gasteiger partial charge in [0.1, 0.15) is 23.3 Å². The van der Waals surface area contributed by atoms with Gasteiger partial charge in [0.05, 0.1) is 14.2 Å². The second-order valence-electron chi connectivity index (χ2n) is 3.19. The summed E-state index contributed by atoms with van der Waals surface area (Å²) in [6, 6.07) is 7.27. The van der Waals surface area contributed by atoms with Crippen molar-refractivity contribution in [3.05, 3.63) is 18.2 Å². The summed E-state index contributed by atoms with van der Waals surface area (Å²) in [4.78, 5) is 0. The highest BCUT2D eigenvalue weighted by Gasteiger charge is 2.08. The quantitative estimate of drug-likeness (QED) is 0.766. The van der Waals surface area contributed by atoms with Gasteiger partial charge < -0.3 is 14.2 Å². The third-order valence-corrected chi connectivity index (χ3v) is 2.12. The summed E-state index contributed by atoms with van der Waals surface area (Å²) >= 11 is 0. The number of hydrogen-bond acceptors (Lipinski definition) is 4. The Morgan fingerprint density at radius 1 is 1.12 bits per heavy atom. The maximum atomic E-state index is 8.80. The molecule has 0 radical (unpaired) electrons. The maximum absolute atomic E-state index is 8.80. The van der Waals surface area contributed by atoms with Crippen molar-refractivity contribution in [3.8, 4) is 23.3 Å². The molecular formula is C12H15NO3. The molecule has 86 valence electrons. The number of rotatable bonds is 5. The minimum Gasteiger partial charge on any atom is -0.496 e. The lowest BCUT2D eigenvalue weighted by atomic mass is 10.2. The first kappa shape index (κ1) is 12.2. The smallest absolute Gasteiger partial charge is 0.184 e. The Morgan fingerprint density at radius 2 is 1.62 bits per heavy atom. The third-order valence-electron chi connectivity index (χ3n) is 2.12. The predicted octanol–water partition coefficient (Wildman–Crippen LogP) is 2.38. The number of methoxy groups -OCH3 is 2. The van der Waals surface area contributed by atoms with Crippen molar-refractivity contribution in [1.29, 1.82) is 5.26 Å². The normalized spacial score (nSPS) is 11.4. The zero-order chi connectivity index (χ0) is 12.0. The number of nitriles is 1. The number of hydrogen-bond donors (Lipinski definition) is 0. The molecule has 0 N–H and O–H groups in total. The van der Waals surface area contributed by atoms with E-state index in [-0.39, 0.29) is 0 Å². The van der Waals surface area contributed by atoms with E-state index in [4.69, 9.17) is 19.5 Å². The largest absolute Gasteiger partial charge is 0.496 e. The molecule has 1 aromatic rings. The first-order valence-electron chi connectivity index (χ1n) is 5.02. The fourth-order valence-corrected chi connectivity index (χ4v) is 1.21. The fraction of sp³-hybridized carbons (Fsp3) is 0.417. The first-order chi connectivity index (χ1) is 7.73. The van der Waals surface area contributed by atoms with Crippen molar-refractivity contribution in [2.45, 2.75) is 19.4 Å². The minimum atomic E-state index is -0.447. The highest BCUT2D eigenvalue weighted by Crippen LogP contribution is 2.28. The summed E-state index contributed by atoms with van der Waals surface area (Å²) in [6.07, 6.45) is 0.188. The number of nitrogens with zero attached hydrogens (tertiary/aromatic N) is 1. The van der Waals surface area contributed by atoms with Crippen LogP contribution in [0.2, 0.25) is 0 Å². The fourth-order valence-electron chi connectivity index (χ4n) is 1.21. The molecule has 0 bridgehead atoms. The Hall–Kier alpha value is -1.89. The predicted molar refractivity (Wildman–Crippen MR) is 59.9 cm³/mol. The Balaban J connectivity index is 2.91.